The molecule has 1 aliphatic heterocycles. The second-order valence-electron chi connectivity index (χ2n) is 4.98. The van der Waals surface area contributed by atoms with Crippen molar-refractivity contribution in [3.05, 3.63) is 24.3 Å². The van der Waals surface area contributed by atoms with Crippen LogP contribution in [0.15, 0.2) is 33.9 Å². The van der Waals surface area contributed by atoms with Crippen LogP contribution in [-0.4, -0.2) is 47.2 Å². The van der Waals surface area contributed by atoms with Crippen molar-refractivity contribution in [3.8, 4) is 0 Å². The Labute approximate surface area is 131 Å². The van der Waals surface area contributed by atoms with E-state index in [2.05, 4.69) is 4.98 Å². The number of oxazole rings is 1. The highest BCUT2D eigenvalue weighted by Gasteiger charge is 2.19. The minimum absolute atomic E-state index is 0.0695. The molecule has 0 radical (unpaired) electrons. The maximum atomic E-state index is 11.8. The predicted molar refractivity (Wildman–Crippen MR) is 81.5 cm³/mol. The number of esters is 1. The summed E-state index contributed by atoms with van der Waals surface area (Å²) in [7, 11) is 0. The first-order valence-corrected chi connectivity index (χ1v) is 8.13. The zero-order chi connectivity index (χ0) is 15.4. The van der Waals surface area contributed by atoms with Crippen LogP contribution in [0.25, 0.3) is 11.1 Å². The zero-order valence-electron chi connectivity index (χ0n) is 12.0. The minimum atomic E-state index is -0.445. The fourth-order valence-corrected chi connectivity index (χ4v) is 2.91. The molecular weight excluding hydrogens is 304 g/mol. The van der Waals surface area contributed by atoms with Crippen molar-refractivity contribution in [2.45, 2.75) is 18.1 Å². The van der Waals surface area contributed by atoms with Crippen LogP contribution in [0.3, 0.4) is 0 Å². The molecule has 6 nitrogen and oxygen atoms in total. The zero-order valence-corrected chi connectivity index (χ0v) is 12.8. The van der Waals surface area contributed by atoms with Gasteiger partial charge in [-0.15, -0.1) is 0 Å². The maximum absolute atomic E-state index is 11.8. The molecule has 0 unspecified atom stereocenters. The molecule has 1 saturated heterocycles. The second-order valence-corrected chi connectivity index (χ2v) is 5.91. The summed E-state index contributed by atoms with van der Waals surface area (Å²) >= 11 is 1.16. The van der Waals surface area contributed by atoms with E-state index in [0.29, 0.717) is 10.8 Å². The van der Waals surface area contributed by atoms with Crippen LogP contribution in [-0.2, 0) is 14.3 Å². The summed E-state index contributed by atoms with van der Waals surface area (Å²) in [5, 5.41) is 0.420. The average Bonchev–Trinajstić information content (AvgIpc) is 3.19. The third-order valence-corrected chi connectivity index (χ3v) is 4.20. The van der Waals surface area contributed by atoms with Crippen molar-refractivity contribution in [1.82, 2.24) is 9.88 Å². The van der Waals surface area contributed by atoms with Gasteiger partial charge < -0.3 is 14.1 Å². The van der Waals surface area contributed by atoms with E-state index in [4.69, 9.17) is 9.15 Å². The van der Waals surface area contributed by atoms with Gasteiger partial charge in [-0.25, -0.2) is 4.98 Å². The van der Waals surface area contributed by atoms with E-state index in [1.165, 1.54) is 0 Å². The van der Waals surface area contributed by atoms with Crippen LogP contribution in [0.5, 0.6) is 0 Å². The van der Waals surface area contributed by atoms with Crippen molar-refractivity contribution in [1.29, 1.82) is 0 Å². The monoisotopic (exact) mass is 320 g/mol. The van der Waals surface area contributed by atoms with Gasteiger partial charge in [-0.05, 0) is 25.0 Å². The molecule has 0 saturated carbocycles. The molecule has 0 N–H and O–H groups in total. The predicted octanol–water partition coefficient (Wildman–Crippen LogP) is 2.09. The summed E-state index contributed by atoms with van der Waals surface area (Å²) in [6, 6.07) is 7.40. The van der Waals surface area contributed by atoms with Crippen LogP contribution in [0.1, 0.15) is 12.8 Å². The van der Waals surface area contributed by atoms with Gasteiger partial charge in [-0.1, -0.05) is 23.9 Å². The molecule has 0 atom stereocenters. The third-order valence-electron chi connectivity index (χ3n) is 3.40. The van der Waals surface area contributed by atoms with Gasteiger partial charge in [0.05, 0.1) is 0 Å². The van der Waals surface area contributed by atoms with Crippen molar-refractivity contribution in [2.24, 2.45) is 0 Å². The fraction of sp³-hybridized carbons (Fsp3) is 0.400. The number of likely N-dealkylation sites (tertiary alicyclic amines) is 1. The summed E-state index contributed by atoms with van der Waals surface area (Å²) in [5.41, 5.74) is 1.44. The number of para-hydroxylation sites is 2. The molecule has 116 valence electrons. The van der Waals surface area contributed by atoms with Gasteiger partial charge in [0.15, 0.2) is 12.2 Å². The lowest BCUT2D eigenvalue weighted by molar-refractivity contribution is -0.149. The molecule has 1 aliphatic rings. The molecule has 1 amide bonds. The van der Waals surface area contributed by atoms with Crippen molar-refractivity contribution in [3.63, 3.8) is 0 Å². The SMILES string of the molecule is O=C(CSc1nc2ccccc2o1)OCC(=O)N1CCCC1. The lowest BCUT2D eigenvalue weighted by atomic mass is 10.3. The first kappa shape index (κ1) is 14.9. The largest absolute Gasteiger partial charge is 0.455 e. The number of aromatic nitrogens is 1. The van der Waals surface area contributed by atoms with Crippen molar-refractivity contribution < 1.29 is 18.7 Å². The molecule has 0 spiro atoms. The van der Waals surface area contributed by atoms with Crippen LogP contribution < -0.4 is 0 Å². The Morgan fingerprint density at radius 2 is 2.05 bits per heavy atom. The number of fused-ring (bicyclic) bond motifs is 1. The number of ether oxygens (including phenoxy) is 1. The Balaban J connectivity index is 1.44. The normalized spacial score (nSPS) is 14.5. The van der Waals surface area contributed by atoms with Gasteiger partial charge in [-0.3, -0.25) is 9.59 Å². The second kappa shape index (κ2) is 6.83. The fourth-order valence-electron chi connectivity index (χ4n) is 2.28. The first-order chi connectivity index (χ1) is 10.7. The first-order valence-electron chi connectivity index (χ1n) is 7.14. The maximum Gasteiger partial charge on any atom is 0.316 e. The smallest absolute Gasteiger partial charge is 0.316 e. The van der Waals surface area contributed by atoms with Crippen molar-refractivity contribution in [2.75, 3.05) is 25.4 Å². The molecule has 2 heterocycles. The molecule has 0 aliphatic carbocycles. The highest BCUT2D eigenvalue weighted by Crippen LogP contribution is 2.23. The van der Waals surface area contributed by atoms with E-state index in [1.54, 1.807) is 4.90 Å². The Kier molecular flexibility index (Phi) is 4.62. The van der Waals surface area contributed by atoms with E-state index >= 15 is 0 Å². The Morgan fingerprint density at radius 3 is 2.82 bits per heavy atom. The summed E-state index contributed by atoms with van der Waals surface area (Å²) < 4.78 is 10.5. The third kappa shape index (κ3) is 3.59. The molecule has 3 rings (SSSR count). The number of nitrogens with zero attached hydrogens (tertiary/aromatic N) is 2. The van der Waals surface area contributed by atoms with Crippen LogP contribution in [0.4, 0.5) is 0 Å². The molecule has 1 aromatic heterocycles. The molecule has 1 fully saturated rings. The summed E-state index contributed by atoms with van der Waals surface area (Å²) in [4.78, 5) is 29.4. The van der Waals surface area contributed by atoms with Gasteiger partial charge >= 0.3 is 5.97 Å². The minimum Gasteiger partial charge on any atom is -0.455 e. The highest BCUT2D eigenvalue weighted by molar-refractivity contribution is 7.99. The van der Waals surface area contributed by atoms with E-state index in [0.717, 1.165) is 43.2 Å². The number of hydrogen-bond donors (Lipinski definition) is 0. The standard InChI is InChI=1S/C15H16N2O4S/c18-13(17-7-3-4-8-17)9-20-14(19)10-22-15-16-11-5-1-2-6-12(11)21-15/h1-2,5-6H,3-4,7-10H2. The quantitative estimate of drug-likeness (QED) is 0.620. The Morgan fingerprint density at radius 1 is 1.27 bits per heavy atom. The number of thioether (sulfide) groups is 1. The molecule has 2 aromatic rings. The van der Waals surface area contributed by atoms with Crippen LogP contribution in [0, 0.1) is 0 Å². The van der Waals surface area contributed by atoms with Crippen LogP contribution >= 0.6 is 11.8 Å². The van der Waals surface area contributed by atoms with Gasteiger partial charge in [0.1, 0.15) is 11.3 Å². The van der Waals surface area contributed by atoms with E-state index < -0.39 is 5.97 Å². The van der Waals surface area contributed by atoms with Gasteiger partial charge in [-0.2, -0.15) is 0 Å². The number of rotatable bonds is 5. The summed E-state index contributed by atoms with van der Waals surface area (Å²) in [6.07, 6.45) is 2.04. The van der Waals surface area contributed by atoms with Crippen LogP contribution in [0.2, 0.25) is 0 Å². The molecule has 22 heavy (non-hydrogen) atoms. The van der Waals surface area contributed by atoms with E-state index in [9.17, 15) is 9.59 Å². The Hall–Kier alpha value is -2.02. The van der Waals surface area contributed by atoms with Gasteiger partial charge in [0.2, 0.25) is 0 Å². The number of hydrogen-bond acceptors (Lipinski definition) is 6. The topological polar surface area (TPSA) is 72.6 Å². The average molecular weight is 320 g/mol. The summed E-state index contributed by atoms with van der Waals surface area (Å²) in [6.45, 7) is 1.33. The molecule has 0 bridgehead atoms. The highest BCUT2D eigenvalue weighted by atomic mass is 32.2. The van der Waals surface area contributed by atoms with E-state index in [1.807, 2.05) is 24.3 Å². The van der Waals surface area contributed by atoms with Gasteiger partial charge in [0, 0.05) is 13.1 Å². The van der Waals surface area contributed by atoms with Gasteiger partial charge in [0.25, 0.3) is 11.1 Å². The number of carbonyl (C=O) groups is 2. The lowest BCUT2D eigenvalue weighted by Gasteiger charge is -2.14. The Bertz CT molecular complexity index is 646. The number of benzene rings is 1. The molecule has 1 aromatic carbocycles. The van der Waals surface area contributed by atoms with E-state index in [-0.39, 0.29) is 18.3 Å². The summed E-state index contributed by atoms with van der Waals surface area (Å²) in [5.74, 6) is -0.502. The molecular formula is C15H16N2O4S. The number of carbonyl (C=O) groups excluding carboxylic acids is 2. The number of amides is 1. The molecule has 7 heteroatoms. The lowest BCUT2D eigenvalue weighted by Crippen LogP contribution is -2.32. The van der Waals surface area contributed by atoms with Crippen molar-refractivity contribution >= 4 is 34.7 Å².